The zero-order valence-electron chi connectivity index (χ0n) is 18.8. The number of amides is 1. The Kier molecular flexibility index (Phi) is 6.33. The van der Waals surface area contributed by atoms with E-state index in [4.69, 9.17) is 21.1 Å². The Morgan fingerprint density at radius 3 is 2.59 bits per heavy atom. The van der Waals surface area contributed by atoms with Gasteiger partial charge in [-0.1, -0.05) is 52.4 Å². The molecular formula is C24H25ClN4O2S. The summed E-state index contributed by atoms with van der Waals surface area (Å²) >= 11 is 7.93. The van der Waals surface area contributed by atoms with Crippen LogP contribution < -0.4 is 4.90 Å². The van der Waals surface area contributed by atoms with Gasteiger partial charge in [-0.25, -0.2) is 4.98 Å². The number of hydrogen-bond donors (Lipinski definition) is 0. The SMILES string of the molecule is Cc1cc(C)c2sc(N(CCN(C)C)C(=O)c3c(-c4ccccc4Cl)noc3C)nc2c1. The van der Waals surface area contributed by atoms with Gasteiger partial charge >= 0.3 is 0 Å². The van der Waals surface area contributed by atoms with Crippen LogP contribution in [0.15, 0.2) is 40.9 Å². The summed E-state index contributed by atoms with van der Waals surface area (Å²) in [5, 5.41) is 5.35. The molecule has 0 N–H and O–H groups in total. The lowest BCUT2D eigenvalue weighted by Crippen LogP contribution is -2.37. The Balaban J connectivity index is 1.82. The topological polar surface area (TPSA) is 62.5 Å². The third kappa shape index (κ3) is 4.28. The van der Waals surface area contributed by atoms with Gasteiger partial charge in [0.2, 0.25) is 0 Å². The predicted octanol–water partition coefficient (Wildman–Crippen LogP) is 5.74. The fourth-order valence-corrected chi connectivity index (χ4v) is 4.93. The first-order valence-corrected chi connectivity index (χ1v) is 11.5. The number of likely N-dealkylation sites (N-methyl/N-ethyl adjacent to an activating group) is 1. The molecule has 0 saturated heterocycles. The van der Waals surface area contributed by atoms with Crippen molar-refractivity contribution in [1.29, 1.82) is 0 Å². The summed E-state index contributed by atoms with van der Waals surface area (Å²) in [5.74, 6) is 0.252. The van der Waals surface area contributed by atoms with Gasteiger partial charge in [-0.05, 0) is 58.1 Å². The molecule has 1 amide bonds. The van der Waals surface area contributed by atoms with Crippen LogP contribution in [0, 0.1) is 20.8 Å². The second-order valence-corrected chi connectivity index (χ2v) is 9.51. The van der Waals surface area contributed by atoms with Gasteiger partial charge in [-0.15, -0.1) is 0 Å². The van der Waals surface area contributed by atoms with Gasteiger partial charge in [0.25, 0.3) is 5.91 Å². The molecule has 0 unspecified atom stereocenters. The number of fused-ring (bicyclic) bond motifs is 1. The first-order chi connectivity index (χ1) is 15.3. The van der Waals surface area contributed by atoms with Crippen molar-refractivity contribution in [2.24, 2.45) is 0 Å². The highest BCUT2D eigenvalue weighted by Gasteiger charge is 2.29. The Morgan fingerprint density at radius 2 is 1.88 bits per heavy atom. The molecule has 4 rings (SSSR count). The molecule has 0 atom stereocenters. The van der Waals surface area contributed by atoms with Crippen molar-refractivity contribution in [3.05, 3.63) is 63.9 Å². The molecule has 8 heteroatoms. The van der Waals surface area contributed by atoms with E-state index in [0.29, 0.717) is 45.8 Å². The maximum atomic E-state index is 13.9. The van der Waals surface area contributed by atoms with Crippen LogP contribution in [0.2, 0.25) is 5.02 Å². The lowest BCUT2D eigenvalue weighted by Gasteiger charge is -2.22. The van der Waals surface area contributed by atoms with Crippen molar-refractivity contribution >= 4 is 44.2 Å². The van der Waals surface area contributed by atoms with E-state index in [1.54, 1.807) is 17.9 Å². The van der Waals surface area contributed by atoms with Crippen LogP contribution in [-0.4, -0.2) is 48.1 Å². The van der Waals surface area contributed by atoms with Crippen LogP contribution in [0.3, 0.4) is 0 Å². The van der Waals surface area contributed by atoms with E-state index in [-0.39, 0.29) is 5.91 Å². The summed E-state index contributed by atoms with van der Waals surface area (Å²) in [7, 11) is 3.96. The molecule has 4 aromatic rings. The average molecular weight is 469 g/mol. The summed E-state index contributed by atoms with van der Waals surface area (Å²) in [5.41, 5.74) is 4.72. The molecule has 2 aromatic carbocycles. The summed E-state index contributed by atoms with van der Waals surface area (Å²) < 4.78 is 6.53. The minimum atomic E-state index is -0.200. The van der Waals surface area contributed by atoms with Gasteiger partial charge in [0, 0.05) is 18.7 Å². The quantitative estimate of drug-likeness (QED) is 0.361. The van der Waals surface area contributed by atoms with Gasteiger partial charge in [0.1, 0.15) is 17.0 Å². The summed E-state index contributed by atoms with van der Waals surface area (Å²) in [4.78, 5) is 22.5. The normalized spacial score (nSPS) is 11.5. The van der Waals surface area contributed by atoms with E-state index in [2.05, 4.69) is 31.1 Å². The number of nitrogens with zero attached hydrogens (tertiary/aromatic N) is 4. The highest BCUT2D eigenvalue weighted by atomic mass is 35.5. The van der Waals surface area contributed by atoms with E-state index in [1.165, 1.54) is 11.3 Å². The van der Waals surface area contributed by atoms with Crippen LogP contribution in [0.1, 0.15) is 27.2 Å². The summed E-state index contributed by atoms with van der Waals surface area (Å²) in [6.45, 7) is 7.04. The van der Waals surface area contributed by atoms with Gasteiger partial charge in [-0.3, -0.25) is 9.69 Å². The second kappa shape index (κ2) is 9.02. The van der Waals surface area contributed by atoms with E-state index in [1.807, 2.05) is 37.2 Å². The average Bonchev–Trinajstić information content (AvgIpc) is 3.32. The van der Waals surface area contributed by atoms with Crippen molar-refractivity contribution in [3.8, 4) is 11.3 Å². The minimum absolute atomic E-state index is 0.200. The standard InChI is InChI=1S/C24H25ClN4O2S/c1-14-12-15(2)22-19(13-14)26-24(32-22)29(11-10-28(4)5)23(30)20-16(3)31-27-21(20)17-8-6-7-9-18(17)25/h6-9,12-13H,10-11H2,1-5H3. The molecular weight excluding hydrogens is 444 g/mol. The highest BCUT2D eigenvalue weighted by Crippen LogP contribution is 2.36. The number of benzene rings is 2. The smallest absolute Gasteiger partial charge is 0.266 e. The van der Waals surface area contributed by atoms with Crippen molar-refractivity contribution in [3.63, 3.8) is 0 Å². The summed E-state index contributed by atoms with van der Waals surface area (Å²) in [6.07, 6.45) is 0. The molecule has 6 nitrogen and oxygen atoms in total. The van der Waals surface area contributed by atoms with Gasteiger partial charge in [-0.2, -0.15) is 0 Å². The molecule has 0 bridgehead atoms. The lowest BCUT2D eigenvalue weighted by molar-refractivity contribution is 0.0984. The van der Waals surface area contributed by atoms with Crippen molar-refractivity contribution < 1.29 is 9.32 Å². The zero-order chi connectivity index (χ0) is 23.0. The molecule has 166 valence electrons. The molecule has 2 aromatic heterocycles. The predicted molar refractivity (Wildman–Crippen MR) is 131 cm³/mol. The Hall–Kier alpha value is -2.74. The molecule has 2 heterocycles. The van der Waals surface area contributed by atoms with E-state index >= 15 is 0 Å². The molecule has 0 spiro atoms. The van der Waals surface area contributed by atoms with E-state index in [9.17, 15) is 4.79 Å². The zero-order valence-corrected chi connectivity index (χ0v) is 20.3. The van der Waals surface area contributed by atoms with Crippen LogP contribution in [-0.2, 0) is 0 Å². The monoisotopic (exact) mass is 468 g/mol. The largest absolute Gasteiger partial charge is 0.360 e. The summed E-state index contributed by atoms with van der Waals surface area (Å²) in [6, 6.07) is 11.5. The number of anilines is 1. The fourth-order valence-electron chi connectivity index (χ4n) is 3.66. The third-order valence-corrected chi connectivity index (χ3v) is 6.82. The number of aromatic nitrogens is 2. The van der Waals surface area contributed by atoms with Crippen LogP contribution in [0.5, 0.6) is 0 Å². The van der Waals surface area contributed by atoms with Crippen LogP contribution in [0.4, 0.5) is 5.13 Å². The van der Waals surface area contributed by atoms with Gasteiger partial charge in [0.15, 0.2) is 5.13 Å². The number of aryl methyl sites for hydroxylation is 3. The van der Waals surface area contributed by atoms with Gasteiger partial charge < -0.3 is 9.42 Å². The third-order valence-electron chi connectivity index (χ3n) is 5.26. The first kappa shape index (κ1) is 22.5. The molecule has 0 aliphatic heterocycles. The van der Waals surface area contributed by atoms with Crippen LogP contribution in [0.25, 0.3) is 21.5 Å². The molecule has 0 fully saturated rings. The maximum Gasteiger partial charge on any atom is 0.266 e. The number of carbonyl (C=O) groups excluding carboxylic acids is 1. The van der Waals surface area contributed by atoms with Crippen molar-refractivity contribution in [2.75, 3.05) is 32.1 Å². The maximum absolute atomic E-state index is 13.9. The Bertz CT molecular complexity index is 1290. The Morgan fingerprint density at radius 1 is 1.12 bits per heavy atom. The fraction of sp³-hybridized carbons (Fsp3) is 0.292. The minimum Gasteiger partial charge on any atom is -0.360 e. The lowest BCUT2D eigenvalue weighted by atomic mass is 10.1. The van der Waals surface area contributed by atoms with Gasteiger partial charge in [0.05, 0.1) is 15.2 Å². The highest BCUT2D eigenvalue weighted by molar-refractivity contribution is 7.22. The van der Waals surface area contributed by atoms with E-state index < -0.39 is 0 Å². The number of thiazole rings is 1. The Labute approximate surface area is 196 Å². The molecule has 32 heavy (non-hydrogen) atoms. The van der Waals surface area contributed by atoms with Crippen molar-refractivity contribution in [1.82, 2.24) is 15.0 Å². The van der Waals surface area contributed by atoms with E-state index in [0.717, 1.165) is 21.3 Å². The number of carbonyl (C=O) groups is 1. The number of rotatable bonds is 6. The number of hydrogen-bond acceptors (Lipinski definition) is 6. The molecule has 0 aliphatic carbocycles. The first-order valence-electron chi connectivity index (χ1n) is 10.3. The number of halogens is 1. The molecule has 0 saturated carbocycles. The second-order valence-electron chi connectivity index (χ2n) is 8.13. The molecule has 0 aliphatic rings. The van der Waals surface area contributed by atoms with Crippen LogP contribution >= 0.6 is 22.9 Å². The van der Waals surface area contributed by atoms with Crippen molar-refractivity contribution in [2.45, 2.75) is 20.8 Å². The molecule has 0 radical (unpaired) electrons.